The van der Waals surface area contributed by atoms with Crippen LogP contribution in [0.4, 0.5) is 0 Å². The quantitative estimate of drug-likeness (QED) is 0.813. The Hall–Kier alpha value is -1.24. The first-order valence-corrected chi connectivity index (χ1v) is 7.92. The van der Waals surface area contributed by atoms with Gasteiger partial charge in [0.15, 0.2) is 0 Å². The molecule has 0 bridgehead atoms. The van der Waals surface area contributed by atoms with Crippen molar-refractivity contribution in [1.82, 2.24) is 5.32 Å². The summed E-state index contributed by atoms with van der Waals surface area (Å²) in [5.41, 5.74) is 8.44. The van der Waals surface area contributed by atoms with E-state index in [1.165, 1.54) is 11.3 Å². The number of benzene rings is 1. The summed E-state index contributed by atoms with van der Waals surface area (Å²) in [6.45, 7) is 2.44. The standard InChI is InChI=1S/C14H13BrN2OS2/c1-8-6-11(20-12(8)15)14(18)17-7-9-2-4-10(5-3-9)13(16)19/h2-6H,7H2,1H3,(H2,16,19)(H,17,18). The van der Waals surface area contributed by atoms with E-state index in [4.69, 9.17) is 18.0 Å². The van der Waals surface area contributed by atoms with E-state index in [-0.39, 0.29) is 5.91 Å². The number of amides is 1. The first-order chi connectivity index (χ1) is 9.47. The average Bonchev–Trinajstić information content (AvgIpc) is 2.76. The molecule has 0 saturated carbocycles. The molecule has 1 amide bonds. The fraction of sp³-hybridized carbons (Fsp3) is 0.143. The minimum atomic E-state index is -0.0674. The zero-order chi connectivity index (χ0) is 14.7. The predicted octanol–water partition coefficient (Wildman–Crippen LogP) is 3.38. The number of hydrogen-bond donors (Lipinski definition) is 2. The molecule has 20 heavy (non-hydrogen) atoms. The van der Waals surface area contributed by atoms with E-state index >= 15 is 0 Å². The van der Waals surface area contributed by atoms with Crippen LogP contribution in [0.3, 0.4) is 0 Å². The molecule has 0 spiro atoms. The first-order valence-electron chi connectivity index (χ1n) is 5.90. The Morgan fingerprint density at radius 2 is 2.05 bits per heavy atom. The van der Waals surface area contributed by atoms with Crippen LogP contribution >= 0.6 is 39.5 Å². The monoisotopic (exact) mass is 368 g/mol. The number of hydrogen-bond acceptors (Lipinski definition) is 3. The molecule has 0 aliphatic heterocycles. The van der Waals surface area contributed by atoms with Crippen molar-refractivity contribution in [1.29, 1.82) is 0 Å². The molecular formula is C14H13BrN2OS2. The highest BCUT2D eigenvalue weighted by atomic mass is 79.9. The van der Waals surface area contributed by atoms with Crippen molar-refractivity contribution in [2.75, 3.05) is 0 Å². The smallest absolute Gasteiger partial charge is 0.261 e. The third kappa shape index (κ3) is 3.65. The molecule has 3 N–H and O–H groups in total. The minimum absolute atomic E-state index is 0.0674. The molecule has 1 aromatic heterocycles. The van der Waals surface area contributed by atoms with Crippen LogP contribution in [0.1, 0.15) is 26.4 Å². The number of thiocarbonyl (C=S) groups is 1. The summed E-state index contributed by atoms with van der Waals surface area (Å²) >= 11 is 9.75. The average molecular weight is 369 g/mol. The van der Waals surface area contributed by atoms with Gasteiger partial charge in [-0.15, -0.1) is 11.3 Å². The molecule has 0 fully saturated rings. The lowest BCUT2D eigenvalue weighted by molar-refractivity contribution is 0.0955. The molecular weight excluding hydrogens is 356 g/mol. The second kappa shape index (κ2) is 6.47. The molecule has 3 nitrogen and oxygen atoms in total. The molecule has 2 aromatic rings. The largest absolute Gasteiger partial charge is 0.389 e. The summed E-state index contributed by atoms with van der Waals surface area (Å²) in [7, 11) is 0. The molecule has 1 heterocycles. The van der Waals surface area contributed by atoms with E-state index in [2.05, 4.69) is 21.2 Å². The van der Waals surface area contributed by atoms with Crippen molar-refractivity contribution in [3.05, 3.63) is 55.7 Å². The van der Waals surface area contributed by atoms with Crippen molar-refractivity contribution < 1.29 is 4.79 Å². The maximum Gasteiger partial charge on any atom is 0.261 e. The maximum atomic E-state index is 12.0. The van der Waals surface area contributed by atoms with Gasteiger partial charge in [-0.1, -0.05) is 36.5 Å². The topological polar surface area (TPSA) is 55.1 Å². The number of carbonyl (C=O) groups is 1. The molecule has 0 radical (unpaired) electrons. The molecule has 1 aromatic carbocycles. The van der Waals surface area contributed by atoms with E-state index in [1.807, 2.05) is 37.3 Å². The summed E-state index contributed by atoms with van der Waals surface area (Å²) in [4.78, 5) is 13.1. The van der Waals surface area contributed by atoms with Crippen molar-refractivity contribution in [3.8, 4) is 0 Å². The van der Waals surface area contributed by atoms with Crippen LogP contribution in [-0.4, -0.2) is 10.9 Å². The summed E-state index contributed by atoms with van der Waals surface area (Å²) in [6, 6.07) is 9.40. The highest BCUT2D eigenvalue weighted by Gasteiger charge is 2.10. The van der Waals surface area contributed by atoms with Crippen molar-refractivity contribution >= 4 is 50.4 Å². The van der Waals surface area contributed by atoms with Gasteiger partial charge in [0.05, 0.1) is 8.66 Å². The van der Waals surface area contributed by atoms with Crippen LogP contribution in [0.25, 0.3) is 0 Å². The zero-order valence-electron chi connectivity index (χ0n) is 10.8. The van der Waals surface area contributed by atoms with Gasteiger partial charge in [-0.25, -0.2) is 0 Å². The van der Waals surface area contributed by atoms with Crippen molar-refractivity contribution in [2.24, 2.45) is 5.73 Å². The van der Waals surface area contributed by atoms with Gasteiger partial charge >= 0.3 is 0 Å². The second-order valence-electron chi connectivity index (χ2n) is 4.31. The fourth-order valence-electron chi connectivity index (χ4n) is 1.63. The van der Waals surface area contributed by atoms with Crippen LogP contribution in [0, 0.1) is 6.92 Å². The lowest BCUT2D eigenvalue weighted by atomic mass is 10.1. The molecule has 0 saturated heterocycles. The molecule has 0 unspecified atom stereocenters. The molecule has 0 aliphatic rings. The third-order valence-electron chi connectivity index (χ3n) is 2.77. The van der Waals surface area contributed by atoms with Crippen LogP contribution in [-0.2, 0) is 6.54 Å². The Balaban J connectivity index is 1.98. The number of thiophene rings is 1. The Morgan fingerprint density at radius 1 is 1.40 bits per heavy atom. The minimum Gasteiger partial charge on any atom is -0.389 e. The number of nitrogens with one attached hydrogen (secondary N) is 1. The van der Waals surface area contributed by atoms with Gasteiger partial charge in [0, 0.05) is 12.1 Å². The first kappa shape index (κ1) is 15.2. The highest BCUT2D eigenvalue weighted by molar-refractivity contribution is 9.11. The zero-order valence-corrected chi connectivity index (χ0v) is 14.0. The Morgan fingerprint density at radius 3 is 2.55 bits per heavy atom. The lowest BCUT2D eigenvalue weighted by Crippen LogP contribution is -2.21. The number of halogens is 1. The van der Waals surface area contributed by atoms with E-state index in [1.54, 1.807) is 0 Å². The van der Waals surface area contributed by atoms with E-state index < -0.39 is 0 Å². The Bertz CT molecular complexity index is 630. The third-order valence-corrected chi connectivity index (χ3v) is 5.14. The van der Waals surface area contributed by atoms with Gasteiger partial charge in [0.25, 0.3) is 5.91 Å². The summed E-state index contributed by atoms with van der Waals surface area (Å²) < 4.78 is 0.989. The normalized spacial score (nSPS) is 10.3. The van der Waals surface area contributed by atoms with E-state index in [0.29, 0.717) is 16.4 Å². The van der Waals surface area contributed by atoms with Gasteiger partial charge in [0.1, 0.15) is 4.99 Å². The Labute approximate surface area is 135 Å². The Kier molecular flexibility index (Phi) is 4.91. The van der Waals surface area contributed by atoms with Crippen LogP contribution in [0.15, 0.2) is 34.1 Å². The fourth-order valence-corrected chi connectivity index (χ4v) is 3.22. The summed E-state index contributed by atoms with van der Waals surface area (Å²) in [5.74, 6) is -0.0674. The highest BCUT2D eigenvalue weighted by Crippen LogP contribution is 2.27. The number of nitrogens with two attached hydrogens (primary N) is 1. The lowest BCUT2D eigenvalue weighted by Gasteiger charge is -2.05. The van der Waals surface area contributed by atoms with Crippen LogP contribution in [0.2, 0.25) is 0 Å². The van der Waals surface area contributed by atoms with Gasteiger partial charge in [-0.05, 0) is 40.0 Å². The maximum absolute atomic E-state index is 12.0. The van der Waals surface area contributed by atoms with Gasteiger partial charge in [0.2, 0.25) is 0 Å². The van der Waals surface area contributed by atoms with Crippen molar-refractivity contribution in [3.63, 3.8) is 0 Å². The van der Waals surface area contributed by atoms with Gasteiger partial charge in [-0.2, -0.15) is 0 Å². The number of carbonyl (C=O) groups excluding carboxylic acids is 1. The number of aryl methyl sites for hydroxylation is 1. The molecule has 6 heteroatoms. The molecule has 2 rings (SSSR count). The van der Waals surface area contributed by atoms with E-state index in [0.717, 1.165) is 20.5 Å². The SMILES string of the molecule is Cc1cc(C(=O)NCc2ccc(C(N)=S)cc2)sc1Br. The van der Waals surface area contributed by atoms with Crippen LogP contribution in [0.5, 0.6) is 0 Å². The second-order valence-corrected chi connectivity index (χ2v) is 7.12. The predicted molar refractivity (Wildman–Crippen MR) is 90.3 cm³/mol. The van der Waals surface area contributed by atoms with Crippen LogP contribution < -0.4 is 11.1 Å². The van der Waals surface area contributed by atoms with Gasteiger partial charge < -0.3 is 11.1 Å². The van der Waals surface area contributed by atoms with E-state index in [9.17, 15) is 4.79 Å². The van der Waals surface area contributed by atoms with Crippen molar-refractivity contribution in [2.45, 2.75) is 13.5 Å². The summed E-state index contributed by atoms with van der Waals surface area (Å²) in [5, 5.41) is 2.89. The molecule has 0 atom stereocenters. The summed E-state index contributed by atoms with van der Waals surface area (Å²) in [6.07, 6.45) is 0. The molecule has 104 valence electrons. The molecule has 0 aliphatic carbocycles. The number of rotatable bonds is 4. The van der Waals surface area contributed by atoms with Gasteiger partial charge in [-0.3, -0.25) is 4.79 Å².